The third-order valence-electron chi connectivity index (χ3n) is 3.98. The maximum atomic E-state index is 5.75. The first-order valence-corrected chi connectivity index (χ1v) is 7.47. The van der Waals surface area contributed by atoms with Gasteiger partial charge >= 0.3 is 0 Å². The van der Waals surface area contributed by atoms with Gasteiger partial charge in [0.2, 0.25) is 0 Å². The minimum atomic E-state index is 0.441. The number of nitrogens with one attached hydrogen (secondary N) is 1. The highest BCUT2D eigenvalue weighted by molar-refractivity contribution is 6.29. The Hall–Kier alpha value is -1.45. The molecule has 20 heavy (non-hydrogen) atoms. The van der Waals surface area contributed by atoms with Crippen LogP contribution in [0.15, 0.2) is 42.5 Å². The molecule has 1 aromatic heterocycles. The van der Waals surface area contributed by atoms with Gasteiger partial charge in [-0.15, -0.1) is 5.10 Å². The molecule has 4 heteroatoms. The van der Waals surface area contributed by atoms with E-state index in [0.29, 0.717) is 17.1 Å². The van der Waals surface area contributed by atoms with E-state index in [1.165, 1.54) is 24.8 Å². The van der Waals surface area contributed by atoms with E-state index in [9.17, 15) is 0 Å². The summed E-state index contributed by atoms with van der Waals surface area (Å²) in [6.45, 7) is 0.748. The number of benzene rings is 1. The predicted molar refractivity (Wildman–Crippen MR) is 80.7 cm³/mol. The van der Waals surface area contributed by atoms with Crippen molar-refractivity contribution in [3.8, 4) is 0 Å². The highest BCUT2D eigenvalue weighted by atomic mass is 35.5. The van der Waals surface area contributed by atoms with E-state index in [1.807, 2.05) is 6.07 Å². The van der Waals surface area contributed by atoms with Gasteiger partial charge in [-0.05, 0) is 36.5 Å². The summed E-state index contributed by atoms with van der Waals surface area (Å²) in [6, 6.07) is 15.0. The summed E-state index contributed by atoms with van der Waals surface area (Å²) >= 11 is 5.75. The van der Waals surface area contributed by atoms with Crippen molar-refractivity contribution >= 4 is 11.6 Å². The fourth-order valence-electron chi connectivity index (χ4n) is 2.98. The molecule has 0 aliphatic heterocycles. The van der Waals surface area contributed by atoms with Gasteiger partial charge in [0.15, 0.2) is 5.15 Å². The second-order valence-electron chi connectivity index (χ2n) is 5.28. The summed E-state index contributed by atoms with van der Waals surface area (Å²) in [7, 11) is 0. The van der Waals surface area contributed by atoms with E-state index >= 15 is 0 Å². The number of hydrogen-bond donors (Lipinski definition) is 1. The van der Waals surface area contributed by atoms with Crippen LogP contribution < -0.4 is 5.32 Å². The quantitative estimate of drug-likeness (QED) is 0.934. The summed E-state index contributed by atoms with van der Waals surface area (Å²) in [5.74, 6) is 0.608. The lowest BCUT2D eigenvalue weighted by molar-refractivity contribution is 0.473. The second-order valence-corrected chi connectivity index (χ2v) is 5.67. The lowest BCUT2D eigenvalue weighted by Gasteiger charge is -2.21. The molecule has 0 radical (unpaired) electrons. The Morgan fingerprint density at radius 2 is 1.90 bits per heavy atom. The summed E-state index contributed by atoms with van der Waals surface area (Å²) in [6.07, 6.45) is 3.76. The monoisotopic (exact) mass is 287 g/mol. The number of halogens is 1. The van der Waals surface area contributed by atoms with E-state index < -0.39 is 0 Å². The van der Waals surface area contributed by atoms with Crippen LogP contribution in [-0.2, 0) is 6.54 Å². The smallest absolute Gasteiger partial charge is 0.151 e. The first-order valence-electron chi connectivity index (χ1n) is 7.09. The van der Waals surface area contributed by atoms with Crippen molar-refractivity contribution in [3.05, 3.63) is 58.9 Å². The van der Waals surface area contributed by atoms with Crippen LogP contribution in [0, 0.1) is 0 Å². The summed E-state index contributed by atoms with van der Waals surface area (Å²) in [5, 5.41) is 12.0. The summed E-state index contributed by atoms with van der Waals surface area (Å²) in [5.41, 5.74) is 2.37. The van der Waals surface area contributed by atoms with Gasteiger partial charge in [0.1, 0.15) is 0 Å². The van der Waals surface area contributed by atoms with Crippen molar-refractivity contribution in [1.29, 1.82) is 0 Å². The zero-order valence-corrected chi connectivity index (χ0v) is 12.1. The zero-order chi connectivity index (χ0) is 13.8. The van der Waals surface area contributed by atoms with Gasteiger partial charge in [-0.1, -0.05) is 48.4 Å². The maximum absolute atomic E-state index is 5.75. The number of nitrogens with zero attached hydrogens (tertiary/aromatic N) is 2. The normalized spacial score (nSPS) is 22.1. The van der Waals surface area contributed by atoms with E-state index in [4.69, 9.17) is 11.6 Å². The molecular weight excluding hydrogens is 270 g/mol. The van der Waals surface area contributed by atoms with Crippen molar-refractivity contribution in [2.75, 3.05) is 0 Å². The summed E-state index contributed by atoms with van der Waals surface area (Å²) < 4.78 is 0. The third kappa shape index (κ3) is 3.17. The van der Waals surface area contributed by atoms with Crippen molar-refractivity contribution in [2.45, 2.75) is 37.8 Å². The Labute approximate surface area is 124 Å². The van der Waals surface area contributed by atoms with Crippen molar-refractivity contribution < 1.29 is 0 Å². The molecule has 1 fully saturated rings. The van der Waals surface area contributed by atoms with E-state index in [0.717, 1.165) is 12.2 Å². The second kappa shape index (κ2) is 6.33. The van der Waals surface area contributed by atoms with Gasteiger partial charge in [0.05, 0.1) is 5.69 Å². The average molecular weight is 288 g/mol. The molecule has 1 N–H and O–H groups in total. The fourth-order valence-corrected chi connectivity index (χ4v) is 3.08. The van der Waals surface area contributed by atoms with Crippen LogP contribution in [0.3, 0.4) is 0 Å². The van der Waals surface area contributed by atoms with Crippen LogP contribution in [0.2, 0.25) is 5.15 Å². The minimum Gasteiger partial charge on any atom is -0.308 e. The molecule has 0 saturated heterocycles. The van der Waals surface area contributed by atoms with Gasteiger partial charge in [-0.25, -0.2) is 0 Å². The topological polar surface area (TPSA) is 37.8 Å². The SMILES string of the molecule is Clc1ccc(CNC2CCCC2c2ccccc2)nn1. The van der Waals surface area contributed by atoms with E-state index in [2.05, 4.69) is 45.8 Å². The fraction of sp³-hybridized carbons (Fsp3) is 0.375. The highest BCUT2D eigenvalue weighted by Gasteiger charge is 2.27. The molecule has 3 nitrogen and oxygen atoms in total. The Bertz CT molecular complexity index is 541. The largest absolute Gasteiger partial charge is 0.308 e. The van der Waals surface area contributed by atoms with Crippen LogP contribution >= 0.6 is 11.6 Å². The lowest BCUT2D eigenvalue weighted by atomic mass is 9.94. The van der Waals surface area contributed by atoms with Gasteiger partial charge in [-0.2, -0.15) is 5.10 Å². The standard InChI is InChI=1S/C16H18ClN3/c17-16-10-9-13(19-20-16)11-18-15-8-4-7-14(15)12-5-2-1-3-6-12/h1-3,5-6,9-10,14-15,18H,4,7-8,11H2. The van der Waals surface area contributed by atoms with Gasteiger partial charge < -0.3 is 5.32 Å². The van der Waals surface area contributed by atoms with Gasteiger partial charge in [0, 0.05) is 12.6 Å². The van der Waals surface area contributed by atoms with Crippen LogP contribution in [0.5, 0.6) is 0 Å². The van der Waals surface area contributed by atoms with Crippen LogP contribution in [0.1, 0.15) is 36.4 Å². The molecule has 1 saturated carbocycles. The predicted octanol–water partition coefficient (Wildman–Crippen LogP) is 3.56. The van der Waals surface area contributed by atoms with Crippen LogP contribution in [0.25, 0.3) is 0 Å². The first-order chi connectivity index (χ1) is 9.83. The molecular formula is C16H18ClN3. The molecule has 2 unspecified atom stereocenters. The number of aromatic nitrogens is 2. The Balaban J connectivity index is 1.63. The van der Waals surface area contributed by atoms with Crippen molar-refractivity contribution in [3.63, 3.8) is 0 Å². The molecule has 1 heterocycles. The number of rotatable bonds is 4. The van der Waals surface area contributed by atoms with E-state index in [-0.39, 0.29) is 0 Å². The molecule has 1 aromatic carbocycles. The van der Waals surface area contributed by atoms with Gasteiger partial charge in [0.25, 0.3) is 0 Å². The van der Waals surface area contributed by atoms with Crippen LogP contribution in [-0.4, -0.2) is 16.2 Å². The van der Waals surface area contributed by atoms with Gasteiger partial charge in [-0.3, -0.25) is 0 Å². The molecule has 0 amide bonds. The maximum Gasteiger partial charge on any atom is 0.151 e. The van der Waals surface area contributed by atoms with Crippen molar-refractivity contribution in [2.24, 2.45) is 0 Å². The number of hydrogen-bond acceptors (Lipinski definition) is 3. The molecule has 0 spiro atoms. The molecule has 104 valence electrons. The Morgan fingerprint density at radius 1 is 1.05 bits per heavy atom. The third-order valence-corrected chi connectivity index (χ3v) is 4.18. The molecule has 1 aliphatic rings. The summed E-state index contributed by atoms with van der Waals surface area (Å²) in [4.78, 5) is 0. The molecule has 2 atom stereocenters. The molecule has 0 bridgehead atoms. The molecule has 1 aliphatic carbocycles. The molecule has 3 rings (SSSR count). The highest BCUT2D eigenvalue weighted by Crippen LogP contribution is 2.34. The average Bonchev–Trinajstić information content (AvgIpc) is 2.96. The van der Waals surface area contributed by atoms with Crippen molar-refractivity contribution in [1.82, 2.24) is 15.5 Å². The van der Waals surface area contributed by atoms with E-state index in [1.54, 1.807) is 6.07 Å². The molecule has 2 aromatic rings. The Kier molecular flexibility index (Phi) is 4.28. The lowest BCUT2D eigenvalue weighted by Crippen LogP contribution is -2.31. The van der Waals surface area contributed by atoms with Crippen LogP contribution in [0.4, 0.5) is 0 Å². The zero-order valence-electron chi connectivity index (χ0n) is 11.3. The minimum absolute atomic E-state index is 0.441. The Morgan fingerprint density at radius 3 is 2.65 bits per heavy atom. The first kappa shape index (κ1) is 13.5.